The van der Waals surface area contributed by atoms with Crippen LogP contribution in [0.15, 0.2) is 91.0 Å². The van der Waals surface area contributed by atoms with Gasteiger partial charge in [0.05, 0.1) is 6.42 Å². The molecule has 5 heteroatoms. The standard InChI is InChI=1S/C25H23NO4/c27-22(21-14-8-3-9-15-21)17-23(28)24(16-19-10-4-1-5-11-19)30-25(29)26-18-20-12-6-2-7-13-20/h1-15,24H,16-18H2,(H,26,29)/t24-/m0/s1. The van der Waals surface area contributed by atoms with Crippen LogP contribution in [0, 0.1) is 0 Å². The second-order valence-electron chi connectivity index (χ2n) is 6.86. The van der Waals surface area contributed by atoms with Gasteiger partial charge in [0, 0.05) is 18.5 Å². The first-order valence-electron chi connectivity index (χ1n) is 9.75. The highest BCUT2D eigenvalue weighted by atomic mass is 16.6. The summed E-state index contributed by atoms with van der Waals surface area (Å²) in [6.45, 7) is 0.287. The predicted octanol–water partition coefficient (Wildman–Crippen LogP) is 4.37. The molecule has 0 fully saturated rings. The van der Waals surface area contributed by atoms with Gasteiger partial charge in [0.2, 0.25) is 0 Å². The zero-order chi connectivity index (χ0) is 21.2. The van der Waals surface area contributed by atoms with Gasteiger partial charge in [0.15, 0.2) is 17.7 Å². The molecule has 0 heterocycles. The number of amides is 1. The minimum Gasteiger partial charge on any atom is -0.438 e. The lowest BCUT2D eigenvalue weighted by atomic mass is 9.99. The predicted molar refractivity (Wildman–Crippen MR) is 114 cm³/mol. The van der Waals surface area contributed by atoms with Crippen LogP contribution in [0.2, 0.25) is 0 Å². The van der Waals surface area contributed by atoms with E-state index in [-0.39, 0.29) is 25.2 Å². The lowest BCUT2D eigenvalue weighted by Crippen LogP contribution is -2.35. The highest BCUT2D eigenvalue weighted by Gasteiger charge is 2.25. The summed E-state index contributed by atoms with van der Waals surface area (Å²) in [4.78, 5) is 37.6. The van der Waals surface area contributed by atoms with E-state index in [4.69, 9.17) is 4.74 Å². The van der Waals surface area contributed by atoms with Crippen molar-refractivity contribution in [3.63, 3.8) is 0 Å². The second-order valence-corrected chi connectivity index (χ2v) is 6.86. The Morgan fingerprint density at radius 2 is 1.27 bits per heavy atom. The topological polar surface area (TPSA) is 72.5 Å². The molecular formula is C25H23NO4. The van der Waals surface area contributed by atoms with Gasteiger partial charge in [-0.25, -0.2) is 4.79 Å². The van der Waals surface area contributed by atoms with E-state index in [1.165, 1.54) is 0 Å². The number of hydrogen-bond donors (Lipinski definition) is 1. The Labute approximate surface area is 175 Å². The third kappa shape index (κ3) is 6.41. The Hall–Kier alpha value is -3.73. The average Bonchev–Trinajstić information content (AvgIpc) is 2.79. The molecule has 152 valence electrons. The fourth-order valence-electron chi connectivity index (χ4n) is 2.99. The molecule has 0 unspecified atom stereocenters. The molecular weight excluding hydrogens is 378 g/mol. The number of Topliss-reactive ketones (excluding diaryl/α,β-unsaturated/α-hetero) is 2. The average molecular weight is 401 g/mol. The number of alkyl carbamates (subject to hydrolysis) is 1. The van der Waals surface area contributed by atoms with Crippen LogP contribution >= 0.6 is 0 Å². The lowest BCUT2D eigenvalue weighted by Gasteiger charge is -2.17. The molecule has 1 atom stereocenters. The fourth-order valence-corrected chi connectivity index (χ4v) is 2.99. The van der Waals surface area contributed by atoms with Crippen LogP contribution in [0.4, 0.5) is 4.79 Å². The van der Waals surface area contributed by atoms with E-state index >= 15 is 0 Å². The van der Waals surface area contributed by atoms with Crippen LogP contribution in [-0.2, 0) is 22.5 Å². The van der Waals surface area contributed by atoms with Crippen LogP contribution in [0.25, 0.3) is 0 Å². The number of benzene rings is 3. The smallest absolute Gasteiger partial charge is 0.408 e. The quantitative estimate of drug-likeness (QED) is 0.427. The molecule has 0 saturated heterocycles. The molecule has 0 aromatic heterocycles. The van der Waals surface area contributed by atoms with Crippen LogP contribution in [0.3, 0.4) is 0 Å². The maximum absolute atomic E-state index is 12.8. The second kappa shape index (κ2) is 10.7. The normalized spacial score (nSPS) is 11.3. The molecule has 3 rings (SSSR count). The van der Waals surface area contributed by atoms with Gasteiger partial charge in [-0.1, -0.05) is 91.0 Å². The van der Waals surface area contributed by atoms with E-state index < -0.39 is 18.0 Å². The molecule has 1 N–H and O–H groups in total. The van der Waals surface area contributed by atoms with Crippen LogP contribution in [0.1, 0.15) is 27.9 Å². The molecule has 3 aromatic carbocycles. The SMILES string of the molecule is O=C(NCc1ccccc1)O[C@@H](Cc1ccccc1)C(=O)CC(=O)c1ccccc1. The molecule has 0 bridgehead atoms. The van der Waals surface area contributed by atoms with Crippen molar-refractivity contribution in [2.24, 2.45) is 0 Å². The molecule has 30 heavy (non-hydrogen) atoms. The Balaban J connectivity index is 1.65. The van der Waals surface area contributed by atoms with Crippen molar-refractivity contribution < 1.29 is 19.1 Å². The molecule has 5 nitrogen and oxygen atoms in total. The van der Waals surface area contributed by atoms with E-state index in [9.17, 15) is 14.4 Å². The lowest BCUT2D eigenvalue weighted by molar-refractivity contribution is -0.126. The maximum Gasteiger partial charge on any atom is 0.408 e. The summed E-state index contributed by atoms with van der Waals surface area (Å²) in [6, 6.07) is 27.3. The van der Waals surface area contributed by atoms with Gasteiger partial charge in [0.25, 0.3) is 0 Å². The minimum atomic E-state index is -1.05. The van der Waals surface area contributed by atoms with Gasteiger partial charge in [-0.2, -0.15) is 0 Å². The Kier molecular flexibility index (Phi) is 7.50. The zero-order valence-corrected chi connectivity index (χ0v) is 16.5. The summed E-state index contributed by atoms with van der Waals surface area (Å²) in [6.07, 6.45) is -1.86. The monoisotopic (exact) mass is 401 g/mol. The van der Waals surface area contributed by atoms with E-state index in [0.29, 0.717) is 5.56 Å². The summed E-state index contributed by atoms with van der Waals surface area (Å²) in [5.74, 6) is -0.727. The van der Waals surface area contributed by atoms with Gasteiger partial charge in [-0.05, 0) is 11.1 Å². The molecule has 0 aliphatic rings. The number of carbonyl (C=O) groups is 3. The fraction of sp³-hybridized carbons (Fsp3) is 0.160. The summed E-state index contributed by atoms with van der Waals surface area (Å²) >= 11 is 0. The first-order valence-corrected chi connectivity index (χ1v) is 9.75. The van der Waals surface area contributed by atoms with E-state index in [1.54, 1.807) is 30.3 Å². The number of carbonyl (C=O) groups excluding carboxylic acids is 3. The van der Waals surface area contributed by atoms with Crippen LogP contribution in [0.5, 0.6) is 0 Å². The molecule has 0 aliphatic heterocycles. The summed E-state index contributed by atoms with van der Waals surface area (Å²) in [5.41, 5.74) is 2.22. The van der Waals surface area contributed by atoms with Crippen molar-refractivity contribution >= 4 is 17.7 Å². The van der Waals surface area contributed by atoms with Crippen LogP contribution < -0.4 is 5.32 Å². The summed E-state index contributed by atoms with van der Waals surface area (Å²) in [5, 5.41) is 2.66. The maximum atomic E-state index is 12.8. The zero-order valence-electron chi connectivity index (χ0n) is 16.5. The van der Waals surface area contributed by atoms with Gasteiger partial charge in [0.1, 0.15) is 0 Å². The van der Waals surface area contributed by atoms with Crippen LogP contribution in [-0.4, -0.2) is 23.8 Å². The number of ketones is 2. The van der Waals surface area contributed by atoms with Crippen molar-refractivity contribution in [3.05, 3.63) is 108 Å². The highest BCUT2D eigenvalue weighted by molar-refractivity contribution is 6.09. The highest BCUT2D eigenvalue weighted by Crippen LogP contribution is 2.12. The molecule has 3 aromatic rings. The van der Waals surface area contributed by atoms with Crippen molar-refractivity contribution in [3.8, 4) is 0 Å². The number of ether oxygens (including phenoxy) is 1. The molecule has 0 saturated carbocycles. The first kappa shape index (κ1) is 21.0. The Morgan fingerprint density at radius 3 is 1.87 bits per heavy atom. The molecule has 0 spiro atoms. The minimum absolute atomic E-state index is 0.209. The van der Waals surface area contributed by atoms with Gasteiger partial charge in [-0.15, -0.1) is 0 Å². The van der Waals surface area contributed by atoms with Gasteiger partial charge < -0.3 is 10.1 Å². The van der Waals surface area contributed by atoms with Crippen molar-refractivity contribution in [2.45, 2.75) is 25.5 Å². The molecule has 1 amide bonds. The summed E-state index contributed by atoms with van der Waals surface area (Å²) < 4.78 is 5.42. The van der Waals surface area contributed by atoms with Gasteiger partial charge in [-0.3, -0.25) is 9.59 Å². The first-order chi connectivity index (χ1) is 14.6. The van der Waals surface area contributed by atoms with Gasteiger partial charge >= 0.3 is 6.09 Å². The third-order valence-electron chi connectivity index (χ3n) is 4.58. The van der Waals surface area contributed by atoms with Crippen molar-refractivity contribution in [1.82, 2.24) is 5.32 Å². The number of rotatable bonds is 9. The number of nitrogens with one attached hydrogen (secondary N) is 1. The number of hydrogen-bond acceptors (Lipinski definition) is 4. The Morgan fingerprint density at radius 1 is 0.733 bits per heavy atom. The van der Waals surface area contributed by atoms with Crippen molar-refractivity contribution in [2.75, 3.05) is 0 Å². The molecule has 0 radical (unpaired) electrons. The largest absolute Gasteiger partial charge is 0.438 e. The van der Waals surface area contributed by atoms with Crippen molar-refractivity contribution in [1.29, 1.82) is 0 Å². The molecule has 0 aliphatic carbocycles. The van der Waals surface area contributed by atoms with E-state index in [1.807, 2.05) is 60.7 Å². The van der Waals surface area contributed by atoms with E-state index in [2.05, 4.69) is 5.32 Å². The third-order valence-corrected chi connectivity index (χ3v) is 4.58. The summed E-state index contributed by atoms with van der Waals surface area (Å²) in [7, 11) is 0. The van der Waals surface area contributed by atoms with E-state index in [0.717, 1.165) is 11.1 Å². The Bertz CT molecular complexity index is 972.